The van der Waals surface area contributed by atoms with E-state index in [0.29, 0.717) is 5.02 Å². The van der Waals surface area contributed by atoms with Crippen LogP contribution in [0.2, 0.25) is 5.02 Å². The highest BCUT2D eigenvalue weighted by Gasteiger charge is 2.07. The summed E-state index contributed by atoms with van der Waals surface area (Å²) >= 11 is 6.17. The van der Waals surface area contributed by atoms with Crippen LogP contribution in [0.4, 0.5) is 0 Å². The lowest BCUT2D eigenvalue weighted by atomic mass is 10.1. The van der Waals surface area contributed by atoms with E-state index in [4.69, 9.17) is 22.1 Å². The second-order valence-electron chi connectivity index (χ2n) is 4.34. The summed E-state index contributed by atoms with van der Waals surface area (Å²) in [6, 6.07) is 13.4. The largest absolute Gasteiger partial charge is 0.457 e. The minimum absolute atomic E-state index is 0.0787. The van der Waals surface area contributed by atoms with Gasteiger partial charge >= 0.3 is 0 Å². The van der Waals surface area contributed by atoms with Crippen molar-refractivity contribution in [3.8, 4) is 11.5 Å². The van der Waals surface area contributed by atoms with Crippen LogP contribution in [0.5, 0.6) is 11.5 Å². The number of para-hydroxylation sites is 1. The van der Waals surface area contributed by atoms with Crippen LogP contribution in [0.1, 0.15) is 24.1 Å². The van der Waals surface area contributed by atoms with Gasteiger partial charge < -0.3 is 10.5 Å². The van der Waals surface area contributed by atoms with Gasteiger partial charge in [-0.3, -0.25) is 0 Å². The lowest BCUT2D eigenvalue weighted by Gasteiger charge is -2.12. The van der Waals surface area contributed by atoms with Crippen LogP contribution in [-0.4, -0.2) is 0 Å². The topological polar surface area (TPSA) is 35.2 Å². The van der Waals surface area contributed by atoms with Gasteiger partial charge in [-0.15, -0.1) is 0 Å². The molecule has 0 saturated carbocycles. The first-order valence-electron chi connectivity index (χ1n) is 5.86. The van der Waals surface area contributed by atoms with E-state index in [0.717, 1.165) is 22.6 Å². The van der Waals surface area contributed by atoms with Gasteiger partial charge in [0.1, 0.15) is 11.5 Å². The molecule has 2 nitrogen and oxygen atoms in total. The monoisotopic (exact) mass is 261 g/mol. The van der Waals surface area contributed by atoms with E-state index in [1.165, 1.54) is 0 Å². The number of halogens is 1. The summed E-state index contributed by atoms with van der Waals surface area (Å²) in [5.74, 6) is 1.56. The number of benzene rings is 2. The van der Waals surface area contributed by atoms with Gasteiger partial charge in [0.05, 0.1) is 0 Å². The average molecular weight is 262 g/mol. The van der Waals surface area contributed by atoms with Gasteiger partial charge in [0.25, 0.3) is 0 Å². The van der Waals surface area contributed by atoms with Gasteiger partial charge in [-0.2, -0.15) is 0 Å². The molecule has 2 N–H and O–H groups in total. The Hall–Kier alpha value is -1.51. The Morgan fingerprint density at radius 2 is 1.89 bits per heavy atom. The Morgan fingerprint density at radius 3 is 2.50 bits per heavy atom. The first-order valence-corrected chi connectivity index (χ1v) is 6.24. The molecule has 2 aromatic carbocycles. The SMILES string of the molecule is Cc1ccccc1Oc1ccc(C(C)N)c(Cl)c1. The number of hydrogen-bond donors (Lipinski definition) is 1. The van der Waals surface area contributed by atoms with Gasteiger partial charge in [-0.05, 0) is 43.2 Å². The first kappa shape index (κ1) is 12.9. The van der Waals surface area contributed by atoms with Gasteiger partial charge in [-0.25, -0.2) is 0 Å². The number of aryl methyl sites for hydroxylation is 1. The number of rotatable bonds is 3. The fraction of sp³-hybridized carbons (Fsp3) is 0.200. The minimum Gasteiger partial charge on any atom is -0.457 e. The van der Waals surface area contributed by atoms with Crippen molar-refractivity contribution in [2.45, 2.75) is 19.9 Å². The van der Waals surface area contributed by atoms with Crippen molar-refractivity contribution in [2.24, 2.45) is 5.73 Å². The van der Waals surface area contributed by atoms with E-state index in [1.54, 1.807) is 6.07 Å². The molecule has 0 spiro atoms. The highest BCUT2D eigenvalue weighted by atomic mass is 35.5. The first-order chi connectivity index (χ1) is 8.58. The summed E-state index contributed by atoms with van der Waals surface area (Å²) < 4.78 is 5.80. The molecular formula is C15H16ClNO. The van der Waals surface area contributed by atoms with Crippen molar-refractivity contribution in [1.29, 1.82) is 0 Å². The predicted octanol–water partition coefficient (Wildman–Crippen LogP) is 4.46. The third-order valence-electron chi connectivity index (χ3n) is 2.78. The third kappa shape index (κ3) is 2.84. The maximum atomic E-state index is 6.17. The van der Waals surface area contributed by atoms with E-state index in [-0.39, 0.29) is 6.04 Å². The van der Waals surface area contributed by atoms with E-state index >= 15 is 0 Å². The molecule has 2 aromatic rings. The van der Waals surface area contributed by atoms with E-state index < -0.39 is 0 Å². The Balaban J connectivity index is 2.26. The molecule has 1 atom stereocenters. The molecule has 0 saturated heterocycles. The van der Waals surface area contributed by atoms with Gasteiger partial charge in [0.15, 0.2) is 0 Å². The van der Waals surface area contributed by atoms with Crippen molar-refractivity contribution in [3.05, 3.63) is 58.6 Å². The number of hydrogen-bond acceptors (Lipinski definition) is 2. The summed E-state index contributed by atoms with van der Waals surface area (Å²) in [5, 5.41) is 0.635. The number of nitrogens with two attached hydrogens (primary N) is 1. The fourth-order valence-corrected chi connectivity index (χ4v) is 2.08. The zero-order valence-electron chi connectivity index (χ0n) is 10.5. The molecular weight excluding hydrogens is 246 g/mol. The normalized spacial score (nSPS) is 12.2. The summed E-state index contributed by atoms with van der Waals surface area (Å²) in [6.45, 7) is 3.91. The van der Waals surface area contributed by atoms with E-state index in [1.807, 2.05) is 50.2 Å². The third-order valence-corrected chi connectivity index (χ3v) is 3.11. The zero-order chi connectivity index (χ0) is 13.1. The standard InChI is InChI=1S/C15H16ClNO/c1-10-5-3-4-6-15(10)18-12-7-8-13(11(2)17)14(16)9-12/h3-9,11H,17H2,1-2H3. The average Bonchev–Trinajstić information content (AvgIpc) is 2.32. The maximum Gasteiger partial charge on any atom is 0.130 e. The quantitative estimate of drug-likeness (QED) is 0.885. The molecule has 0 aliphatic carbocycles. The highest BCUT2D eigenvalue weighted by Crippen LogP contribution is 2.30. The summed E-state index contributed by atoms with van der Waals surface area (Å²) in [6.07, 6.45) is 0. The van der Waals surface area contributed by atoms with Crippen LogP contribution in [0, 0.1) is 6.92 Å². The second-order valence-corrected chi connectivity index (χ2v) is 4.75. The molecule has 3 heteroatoms. The smallest absolute Gasteiger partial charge is 0.130 e. The molecule has 0 aromatic heterocycles. The number of ether oxygens (including phenoxy) is 1. The molecule has 2 rings (SSSR count). The molecule has 0 amide bonds. The molecule has 0 aliphatic heterocycles. The van der Waals surface area contributed by atoms with Crippen LogP contribution in [0.15, 0.2) is 42.5 Å². The lowest BCUT2D eigenvalue weighted by molar-refractivity contribution is 0.478. The van der Waals surface area contributed by atoms with Crippen LogP contribution < -0.4 is 10.5 Å². The van der Waals surface area contributed by atoms with Crippen LogP contribution in [0.3, 0.4) is 0 Å². The molecule has 0 bridgehead atoms. The van der Waals surface area contributed by atoms with Gasteiger partial charge in [0.2, 0.25) is 0 Å². The van der Waals surface area contributed by atoms with Crippen molar-refractivity contribution < 1.29 is 4.74 Å². The van der Waals surface area contributed by atoms with Gasteiger partial charge in [-0.1, -0.05) is 35.9 Å². The molecule has 0 fully saturated rings. The van der Waals surface area contributed by atoms with Crippen molar-refractivity contribution in [2.75, 3.05) is 0 Å². The predicted molar refractivity (Wildman–Crippen MR) is 75.3 cm³/mol. The van der Waals surface area contributed by atoms with Gasteiger partial charge in [0, 0.05) is 11.1 Å². The molecule has 0 heterocycles. The molecule has 0 aliphatic rings. The van der Waals surface area contributed by atoms with E-state index in [9.17, 15) is 0 Å². The molecule has 0 radical (unpaired) electrons. The van der Waals surface area contributed by atoms with Crippen LogP contribution in [-0.2, 0) is 0 Å². The summed E-state index contributed by atoms with van der Waals surface area (Å²) in [5.41, 5.74) is 7.83. The summed E-state index contributed by atoms with van der Waals surface area (Å²) in [4.78, 5) is 0. The Morgan fingerprint density at radius 1 is 1.17 bits per heavy atom. The minimum atomic E-state index is -0.0787. The van der Waals surface area contributed by atoms with Crippen LogP contribution >= 0.6 is 11.6 Å². The zero-order valence-corrected chi connectivity index (χ0v) is 11.2. The van der Waals surface area contributed by atoms with Crippen molar-refractivity contribution in [1.82, 2.24) is 0 Å². The Labute approximate surface area is 112 Å². The second kappa shape index (κ2) is 5.42. The summed E-state index contributed by atoms with van der Waals surface area (Å²) in [7, 11) is 0. The Kier molecular flexibility index (Phi) is 3.90. The van der Waals surface area contributed by atoms with Crippen LogP contribution in [0.25, 0.3) is 0 Å². The maximum absolute atomic E-state index is 6.17. The fourth-order valence-electron chi connectivity index (χ4n) is 1.74. The van der Waals surface area contributed by atoms with Crippen molar-refractivity contribution in [3.63, 3.8) is 0 Å². The van der Waals surface area contributed by atoms with E-state index in [2.05, 4.69) is 0 Å². The van der Waals surface area contributed by atoms with Crippen molar-refractivity contribution >= 4 is 11.6 Å². The molecule has 18 heavy (non-hydrogen) atoms. The Bertz CT molecular complexity index is 552. The molecule has 1 unspecified atom stereocenters. The molecule has 94 valence electrons. The highest BCUT2D eigenvalue weighted by molar-refractivity contribution is 6.31. The lowest BCUT2D eigenvalue weighted by Crippen LogP contribution is -2.05.